The summed E-state index contributed by atoms with van der Waals surface area (Å²) in [6.07, 6.45) is 0.992. The first-order chi connectivity index (χ1) is 12.5. The quantitative estimate of drug-likeness (QED) is 0.264. The van der Waals surface area contributed by atoms with E-state index in [-0.39, 0.29) is 27.7 Å². The van der Waals surface area contributed by atoms with Gasteiger partial charge in [-0.3, -0.25) is 0 Å². The van der Waals surface area contributed by atoms with Gasteiger partial charge < -0.3 is 0 Å². The number of ether oxygens (including phenoxy) is 1. The Labute approximate surface area is 187 Å². The number of rotatable bonds is 12. The fourth-order valence-electron chi connectivity index (χ4n) is 3.34. The van der Waals surface area contributed by atoms with E-state index in [1.807, 2.05) is 20.9 Å². The summed E-state index contributed by atoms with van der Waals surface area (Å²) in [7, 11) is 3.60. The molecule has 162 valence electrons. The van der Waals surface area contributed by atoms with Gasteiger partial charge in [-0.05, 0) is 0 Å². The zero-order valence-electron chi connectivity index (χ0n) is 18.6. The molecule has 0 heterocycles. The Bertz CT molecular complexity index is 461. The van der Waals surface area contributed by atoms with Crippen molar-refractivity contribution in [3.05, 3.63) is 0 Å². The molecule has 0 aliphatic rings. The number of carbonyl (C=O) groups excluding carboxylic acids is 2. The summed E-state index contributed by atoms with van der Waals surface area (Å²) < 4.78 is 6.53. The first kappa shape index (κ1) is 27.5. The summed E-state index contributed by atoms with van der Waals surface area (Å²) >= 11 is 1.04. The van der Waals surface area contributed by atoms with E-state index >= 15 is 0 Å². The molecule has 0 bridgehead atoms. The Morgan fingerprint density at radius 3 is 2.07 bits per heavy atom. The number of amides is 2. The van der Waals surface area contributed by atoms with E-state index in [9.17, 15) is 9.59 Å². The van der Waals surface area contributed by atoms with E-state index in [0.29, 0.717) is 18.4 Å². The third-order valence-corrected chi connectivity index (χ3v) is 16.6. The fraction of sp³-hybridized carbons (Fsp3) is 0.900. The van der Waals surface area contributed by atoms with E-state index in [2.05, 4.69) is 60.5 Å². The predicted molar refractivity (Wildman–Crippen MR) is 131 cm³/mol. The summed E-state index contributed by atoms with van der Waals surface area (Å²) in [4.78, 5) is 29.4. The van der Waals surface area contributed by atoms with Crippen molar-refractivity contribution >= 4 is 54.2 Å². The van der Waals surface area contributed by atoms with Crippen LogP contribution < -0.4 is 10.2 Å². The van der Waals surface area contributed by atoms with Crippen LogP contribution >= 0.6 is 42.4 Å². The van der Waals surface area contributed by atoms with Gasteiger partial charge in [0.05, 0.1) is 0 Å². The van der Waals surface area contributed by atoms with Crippen molar-refractivity contribution in [1.29, 1.82) is 0 Å². The summed E-state index contributed by atoms with van der Waals surface area (Å²) in [5.41, 5.74) is 0. The number of nitrogens with one attached hydrogen (secondary N) is 2. The molecule has 0 saturated heterocycles. The monoisotopic (exact) mass is 611 g/mol. The third kappa shape index (κ3) is 8.42. The van der Waals surface area contributed by atoms with Gasteiger partial charge in [0.2, 0.25) is 0 Å². The van der Waals surface area contributed by atoms with Crippen LogP contribution in [0, 0.1) is 17.8 Å². The molecular formula is C20H41I2N2O3+. The molecule has 0 aliphatic heterocycles. The molecule has 2 N–H and O–H groups in total. The molecule has 0 aromatic heterocycles. The first-order valence-electron chi connectivity index (χ1n) is 9.80. The molecule has 5 nitrogen and oxygen atoms in total. The Kier molecular flexibility index (Phi) is 14.0. The normalized spacial score (nSPS) is 18.0. The first-order valence-corrected chi connectivity index (χ1v) is 16.3. The minimum atomic E-state index is -1.36. The minimum absolute atomic E-state index is 0.0584. The maximum atomic E-state index is 13.3. The second-order valence-corrected chi connectivity index (χ2v) is 17.6. The molecule has 0 radical (unpaired) electrons. The number of hydrogen-bond donors (Lipinski definition) is 2. The van der Waals surface area contributed by atoms with Crippen molar-refractivity contribution in [1.82, 2.24) is 5.32 Å². The molecule has 27 heavy (non-hydrogen) atoms. The number of likely N-dealkylation sites (N-methyl/N-ethyl adjacent to an activating group) is 1. The van der Waals surface area contributed by atoms with Crippen LogP contribution in [0.3, 0.4) is 0 Å². The van der Waals surface area contributed by atoms with Crippen molar-refractivity contribution in [2.24, 2.45) is 17.8 Å². The van der Waals surface area contributed by atoms with Crippen LogP contribution in [0.1, 0.15) is 48.0 Å². The van der Waals surface area contributed by atoms with E-state index in [1.165, 1.54) is 0 Å². The molecule has 0 saturated carbocycles. The molecule has 7 heteroatoms. The van der Waals surface area contributed by atoms with Crippen LogP contribution in [0.2, 0.25) is 0 Å². The van der Waals surface area contributed by atoms with Crippen LogP contribution in [-0.2, 0) is 14.3 Å². The zero-order chi connectivity index (χ0) is 21.3. The molecule has 0 rings (SSSR count). The standard InChI is InChI=1S/C20H40I2N2O3/c1-10-15(6)16(11-27-9)24(8)20(26)18(14(4)5)23-19(25)17(13(2)3)22(7)12-21/h13-18H,10-12H2,1-9H3,(H,23,25)/p+1. The summed E-state index contributed by atoms with van der Waals surface area (Å²) in [6, 6.07) is -0.365. The second kappa shape index (κ2) is 13.7. The second-order valence-electron chi connectivity index (χ2n) is 8.11. The molecule has 0 spiro atoms. The Morgan fingerprint density at radius 2 is 1.70 bits per heavy atom. The van der Waals surface area contributed by atoms with Gasteiger partial charge in [-0.2, -0.15) is 0 Å². The van der Waals surface area contributed by atoms with E-state index in [0.717, 1.165) is 13.8 Å². The number of quaternary nitrogens is 1. The van der Waals surface area contributed by atoms with Crippen molar-refractivity contribution < 1.29 is 19.2 Å². The predicted octanol–water partition coefficient (Wildman–Crippen LogP) is 2.78. The van der Waals surface area contributed by atoms with Gasteiger partial charge in [0, 0.05) is 0 Å². The van der Waals surface area contributed by atoms with Gasteiger partial charge in [0.1, 0.15) is 0 Å². The summed E-state index contributed by atoms with van der Waals surface area (Å²) in [6.45, 7) is 13.1. The number of halogens is 2. The average molecular weight is 611 g/mol. The van der Waals surface area contributed by atoms with Crippen LogP contribution in [0.4, 0.5) is 0 Å². The van der Waals surface area contributed by atoms with Gasteiger partial charge in [0.15, 0.2) is 0 Å². The SMILES string of the molecule is CCC(C)C(COC)[NH+](C)C(=O)C(NC(=O)C(C(C)C)I(C)CI)C(C)C. The van der Waals surface area contributed by atoms with Crippen molar-refractivity contribution in [3.63, 3.8) is 0 Å². The van der Waals surface area contributed by atoms with Crippen molar-refractivity contribution in [3.8, 4) is 0 Å². The van der Waals surface area contributed by atoms with E-state index < -0.39 is 25.9 Å². The molecule has 0 aromatic rings. The van der Waals surface area contributed by atoms with E-state index in [1.54, 1.807) is 7.11 Å². The Hall–Kier alpha value is 0.520. The van der Waals surface area contributed by atoms with Gasteiger partial charge >= 0.3 is 189 Å². The van der Waals surface area contributed by atoms with Gasteiger partial charge in [0.25, 0.3) is 0 Å². The van der Waals surface area contributed by atoms with Crippen molar-refractivity contribution in [2.45, 2.75) is 64.0 Å². The van der Waals surface area contributed by atoms with Gasteiger partial charge in [-0.25, -0.2) is 0 Å². The van der Waals surface area contributed by atoms with E-state index in [4.69, 9.17) is 4.74 Å². The van der Waals surface area contributed by atoms with Gasteiger partial charge in [-0.1, -0.05) is 0 Å². The summed E-state index contributed by atoms with van der Waals surface area (Å²) in [5.74, 6) is 0.871. The Morgan fingerprint density at radius 1 is 1.15 bits per heavy atom. The van der Waals surface area contributed by atoms with Crippen LogP contribution in [0.15, 0.2) is 0 Å². The topological polar surface area (TPSA) is 59.8 Å². The Balaban J connectivity index is 5.46. The number of methoxy groups -OCH3 is 1. The van der Waals surface area contributed by atoms with Crippen LogP contribution in [0.25, 0.3) is 0 Å². The number of hydrogen-bond acceptors (Lipinski definition) is 3. The maximum absolute atomic E-state index is 13.3. The molecule has 2 amide bonds. The molecule has 5 atom stereocenters. The molecule has 0 fully saturated rings. The fourth-order valence-corrected chi connectivity index (χ4v) is 9.71. The zero-order valence-corrected chi connectivity index (χ0v) is 22.9. The molecule has 0 aromatic carbocycles. The van der Waals surface area contributed by atoms with Crippen molar-refractivity contribution in [2.75, 3.05) is 28.1 Å². The van der Waals surface area contributed by atoms with Crippen LogP contribution in [-0.4, -0.2) is 56.0 Å². The molecule has 5 unspecified atom stereocenters. The third-order valence-electron chi connectivity index (χ3n) is 5.27. The summed E-state index contributed by atoms with van der Waals surface area (Å²) in [5, 5.41) is 3.13. The molecule has 0 aliphatic carbocycles. The van der Waals surface area contributed by atoms with Gasteiger partial charge in [-0.15, -0.1) is 0 Å². The number of carbonyl (C=O) groups is 2. The average Bonchev–Trinajstić information content (AvgIpc) is 2.61. The molecular weight excluding hydrogens is 570 g/mol. The van der Waals surface area contributed by atoms with Crippen LogP contribution in [0.5, 0.6) is 0 Å². The number of alkyl halides is 4.